The fourth-order valence-corrected chi connectivity index (χ4v) is 4.22. The molecule has 0 saturated carbocycles. The van der Waals surface area contributed by atoms with Crippen molar-refractivity contribution in [1.29, 1.82) is 0 Å². The molecule has 1 fully saturated rings. The molecule has 0 bridgehead atoms. The maximum atomic E-state index is 14.6. The van der Waals surface area contributed by atoms with Gasteiger partial charge in [-0.1, -0.05) is 39.3 Å². The third-order valence-electron chi connectivity index (χ3n) is 5.87. The number of piperidine rings is 1. The summed E-state index contributed by atoms with van der Waals surface area (Å²) in [6.45, 7) is 9.87. The average Bonchev–Trinajstić information content (AvgIpc) is 3.32. The first-order valence-corrected chi connectivity index (χ1v) is 10.5. The van der Waals surface area contributed by atoms with Crippen molar-refractivity contribution in [2.75, 3.05) is 19.6 Å². The number of fused-ring (bicyclic) bond motifs is 1. The molecule has 5 nitrogen and oxygen atoms in total. The molecule has 3 heterocycles. The van der Waals surface area contributed by atoms with Gasteiger partial charge in [0.05, 0.1) is 11.9 Å². The number of aromatic amines is 1. The number of imidazole rings is 1. The van der Waals surface area contributed by atoms with E-state index in [-0.39, 0.29) is 11.7 Å². The number of halogens is 1. The van der Waals surface area contributed by atoms with Crippen LogP contribution >= 0.6 is 0 Å². The largest absolute Gasteiger partial charge is 0.326 e. The molecular formula is C22H30FN5. The third kappa shape index (κ3) is 3.58. The predicted molar refractivity (Wildman–Crippen MR) is 111 cm³/mol. The number of nitrogens with zero attached hydrogens (tertiary/aromatic N) is 4. The second kappa shape index (κ2) is 8.03. The fourth-order valence-electron chi connectivity index (χ4n) is 4.22. The third-order valence-corrected chi connectivity index (χ3v) is 5.87. The Morgan fingerprint density at radius 2 is 2.04 bits per heavy atom. The van der Waals surface area contributed by atoms with Crippen LogP contribution in [-0.2, 0) is 0 Å². The van der Waals surface area contributed by atoms with Gasteiger partial charge in [-0.15, -0.1) is 0 Å². The minimum Gasteiger partial charge on any atom is -0.326 e. The van der Waals surface area contributed by atoms with Crippen LogP contribution in [-0.4, -0.2) is 44.3 Å². The summed E-state index contributed by atoms with van der Waals surface area (Å²) >= 11 is 0. The summed E-state index contributed by atoms with van der Waals surface area (Å²) in [6, 6.07) is 5.17. The number of aromatic nitrogens is 4. The predicted octanol–water partition coefficient (Wildman–Crippen LogP) is 4.99. The van der Waals surface area contributed by atoms with E-state index in [2.05, 4.69) is 35.6 Å². The van der Waals surface area contributed by atoms with Gasteiger partial charge in [-0.05, 0) is 50.9 Å². The minimum absolute atomic E-state index is 0.215. The molecule has 2 aromatic heterocycles. The summed E-state index contributed by atoms with van der Waals surface area (Å²) in [5.74, 6) is 1.03. The summed E-state index contributed by atoms with van der Waals surface area (Å²) in [5.41, 5.74) is 2.54. The Kier molecular flexibility index (Phi) is 5.49. The smallest absolute Gasteiger partial charge is 0.228 e. The summed E-state index contributed by atoms with van der Waals surface area (Å²) in [4.78, 5) is 10.5. The first-order valence-electron chi connectivity index (χ1n) is 10.5. The van der Waals surface area contributed by atoms with E-state index in [0.29, 0.717) is 17.4 Å². The quantitative estimate of drug-likeness (QED) is 0.652. The Morgan fingerprint density at radius 3 is 2.75 bits per heavy atom. The van der Waals surface area contributed by atoms with Gasteiger partial charge in [0.2, 0.25) is 5.95 Å². The Hall–Kier alpha value is -2.21. The van der Waals surface area contributed by atoms with Crippen molar-refractivity contribution in [2.45, 2.75) is 58.3 Å². The van der Waals surface area contributed by atoms with Crippen molar-refractivity contribution in [3.8, 4) is 5.95 Å². The van der Waals surface area contributed by atoms with Gasteiger partial charge in [-0.2, -0.15) is 9.78 Å². The molecule has 0 aliphatic carbocycles. The highest BCUT2D eigenvalue weighted by molar-refractivity contribution is 5.84. The van der Waals surface area contributed by atoms with E-state index in [9.17, 15) is 4.39 Å². The van der Waals surface area contributed by atoms with Crippen molar-refractivity contribution in [3.63, 3.8) is 0 Å². The van der Waals surface area contributed by atoms with Crippen molar-refractivity contribution < 1.29 is 4.39 Å². The molecule has 0 spiro atoms. The van der Waals surface area contributed by atoms with Crippen LogP contribution in [0.4, 0.5) is 4.39 Å². The van der Waals surface area contributed by atoms with Crippen LogP contribution < -0.4 is 0 Å². The molecule has 0 unspecified atom stereocenters. The second-order valence-corrected chi connectivity index (χ2v) is 8.22. The number of hydrogen-bond donors (Lipinski definition) is 1. The highest BCUT2D eigenvalue weighted by atomic mass is 19.1. The molecule has 1 aromatic carbocycles. The standard InChI is InChI=1S/C22H30FN5/c1-4-5-11-27-12-9-16(10-13-27)19-14-24-22(25-19)28-21-17(7-6-8-18(21)23)20(26-28)15(2)3/h6-8,14-16H,4-5,9-13H2,1-3H3,(H,24,25). The fraction of sp³-hybridized carbons (Fsp3) is 0.545. The lowest BCUT2D eigenvalue weighted by Crippen LogP contribution is -2.33. The Morgan fingerprint density at radius 1 is 1.25 bits per heavy atom. The van der Waals surface area contributed by atoms with Crippen molar-refractivity contribution in [3.05, 3.63) is 41.6 Å². The maximum absolute atomic E-state index is 14.6. The molecule has 4 rings (SSSR count). The maximum Gasteiger partial charge on any atom is 0.228 e. The topological polar surface area (TPSA) is 49.7 Å². The van der Waals surface area contributed by atoms with Gasteiger partial charge in [0.25, 0.3) is 0 Å². The van der Waals surface area contributed by atoms with Gasteiger partial charge in [0.1, 0.15) is 11.3 Å². The van der Waals surface area contributed by atoms with Crippen LogP contribution in [0.3, 0.4) is 0 Å². The minimum atomic E-state index is -0.265. The summed E-state index contributed by atoms with van der Waals surface area (Å²) in [5, 5.41) is 5.56. The molecule has 1 saturated heterocycles. The Labute approximate surface area is 166 Å². The number of benzene rings is 1. The lowest BCUT2D eigenvalue weighted by molar-refractivity contribution is 0.208. The SMILES string of the molecule is CCCCN1CCC(c2cnc(-n3nc(C(C)C)c4cccc(F)c43)[nH]2)CC1. The van der Waals surface area contributed by atoms with Crippen LogP contribution in [0.2, 0.25) is 0 Å². The molecule has 0 atom stereocenters. The van der Waals surface area contributed by atoms with E-state index in [1.807, 2.05) is 12.3 Å². The van der Waals surface area contributed by atoms with Gasteiger partial charge < -0.3 is 9.88 Å². The molecule has 1 aliphatic heterocycles. The zero-order valence-electron chi connectivity index (χ0n) is 17.1. The molecule has 6 heteroatoms. The molecule has 150 valence electrons. The van der Waals surface area contributed by atoms with E-state index in [1.54, 1.807) is 10.7 Å². The molecule has 0 amide bonds. The second-order valence-electron chi connectivity index (χ2n) is 8.22. The van der Waals surface area contributed by atoms with Crippen molar-refractivity contribution >= 4 is 10.9 Å². The van der Waals surface area contributed by atoms with Crippen LogP contribution in [0.1, 0.15) is 69.7 Å². The number of unbranched alkanes of at least 4 members (excludes halogenated alkanes) is 1. The molecular weight excluding hydrogens is 353 g/mol. The normalized spacial score (nSPS) is 16.5. The number of rotatable bonds is 6. The van der Waals surface area contributed by atoms with Gasteiger partial charge in [0, 0.05) is 17.0 Å². The molecule has 1 N–H and O–H groups in total. The van der Waals surface area contributed by atoms with E-state index < -0.39 is 0 Å². The van der Waals surface area contributed by atoms with E-state index in [4.69, 9.17) is 5.10 Å². The van der Waals surface area contributed by atoms with E-state index in [1.165, 1.54) is 25.5 Å². The van der Waals surface area contributed by atoms with Gasteiger partial charge in [-0.3, -0.25) is 0 Å². The van der Waals surface area contributed by atoms with Crippen LogP contribution in [0, 0.1) is 5.82 Å². The van der Waals surface area contributed by atoms with E-state index >= 15 is 0 Å². The highest BCUT2D eigenvalue weighted by Gasteiger charge is 2.23. The zero-order valence-corrected chi connectivity index (χ0v) is 17.1. The zero-order chi connectivity index (χ0) is 19.7. The summed E-state index contributed by atoms with van der Waals surface area (Å²) in [6.07, 6.45) is 6.70. The molecule has 1 aliphatic rings. The van der Waals surface area contributed by atoms with Gasteiger partial charge in [0.15, 0.2) is 0 Å². The number of H-pyrrole nitrogens is 1. The van der Waals surface area contributed by atoms with Crippen LogP contribution in [0.15, 0.2) is 24.4 Å². The average molecular weight is 384 g/mol. The lowest BCUT2D eigenvalue weighted by Gasteiger charge is -2.31. The number of likely N-dealkylation sites (tertiary alicyclic amines) is 1. The van der Waals surface area contributed by atoms with E-state index in [0.717, 1.165) is 42.7 Å². The number of nitrogens with one attached hydrogen (secondary N) is 1. The summed E-state index contributed by atoms with van der Waals surface area (Å²) < 4.78 is 16.2. The lowest BCUT2D eigenvalue weighted by atomic mass is 9.94. The molecule has 0 radical (unpaired) electrons. The van der Waals surface area contributed by atoms with Crippen molar-refractivity contribution in [2.24, 2.45) is 0 Å². The van der Waals surface area contributed by atoms with Crippen molar-refractivity contribution in [1.82, 2.24) is 24.6 Å². The monoisotopic (exact) mass is 383 g/mol. The Balaban J connectivity index is 1.59. The number of para-hydroxylation sites is 1. The first kappa shape index (κ1) is 19.1. The molecule has 28 heavy (non-hydrogen) atoms. The van der Waals surface area contributed by atoms with Crippen LogP contribution in [0.5, 0.6) is 0 Å². The first-order chi connectivity index (χ1) is 13.6. The van der Waals surface area contributed by atoms with Crippen LogP contribution in [0.25, 0.3) is 16.9 Å². The highest BCUT2D eigenvalue weighted by Crippen LogP contribution is 2.30. The summed E-state index contributed by atoms with van der Waals surface area (Å²) in [7, 11) is 0. The Bertz CT molecular complexity index is 934. The molecule has 3 aromatic rings. The van der Waals surface area contributed by atoms with Gasteiger partial charge in [-0.25, -0.2) is 9.37 Å². The number of hydrogen-bond acceptors (Lipinski definition) is 3. The van der Waals surface area contributed by atoms with Gasteiger partial charge >= 0.3 is 0 Å².